The molecule has 1 saturated heterocycles. The molecule has 2 heterocycles. The Morgan fingerprint density at radius 3 is 2.88 bits per heavy atom. The number of rotatable bonds is 4. The number of carboxylic acids is 1. The van der Waals surface area contributed by atoms with Crippen LogP contribution >= 0.6 is 0 Å². The molecule has 7 heteroatoms. The fourth-order valence-corrected chi connectivity index (χ4v) is 3.14. The molecule has 3 rings (SSSR count). The van der Waals surface area contributed by atoms with Crippen molar-refractivity contribution in [3.63, 3.8) is 0 Å². The van der Waals surface area contributed by atoms with Crippen molar-refractivity contribution in [3.05, 3.63) is 41.8 Å². The van der Waals surface area contributed by atoms with Gasteiger partial charge < -0.3 is 9.52 Å². The molecule has 0 aliphatic carbocycles. The van der Waals surface area contributed by atoms with Crippen molar-refractivity contribution in [1.82, 2.24) is 9.88 Å². The molecule has 0 saturated carbocycles. The third-order valence-corrected chi connectivity index (χ3v) is 4.19. The fourth-order valence-electron chi connectivity index (χ4n) is 3.14. The predicted octanol–water partition coefficient (Wildman–Crippen LogP) is 3.16. The number of piperidine rings is 1. The van der Waals surface area contributed by atoms with Gasteiger partial charge in [0.25, 0.3) is 0 Å². The van der Waals surface area contributed by atoms with E-state index in [1.165, 1.54) is 12.3 Å². The summed E-state index contributed by atoms with van der Waals surface area (Å²) < 4.78 is 31.6. The van der Waals surface area contributed by atoms with E-state index in [2.05, 4.69) is 4.98 Å². The molecule has 2 unspecified atom stereocenters. The highest BCUT2D eigenvalue weighted by molar-refractivity contribution is 5.70. The first-order valence-corrected chi connectivity index (χ1v) is 7.77. The Morgan fingerprint density at radius 2 is 2.17 bits per heavy atom. The quantitative estimate of drug-likeness (QED) is 0.929. The Balaban J connectivity index is 1.71. The summed E-state index contributed by atoms with van der Waals surface area (Å²) in [6.45, 7) is 3.74. The number of aliphatic carboxylic acids is 1. The van der Waals surface area contributed by atoms with Gasteiger partial charge in [-0.1, -0.05) is 6.92 Å². The van der Waals surface area contributed by atoms with Crippen molar-refractivity contribution in [2.24, 2.45) is 11.8 Å². The largest absolute Gasteiger partial charge is 0.481 e. The molecule has 0 radical (unpaired) electrons. The van der Waals surface area contributed by atoms with Crippen molar-refractivity contribution in [1.29, 1.82) is 0 Å². The lowest BCUT2D eigenvalue weighted by atomic mass is 9.90. The van der Waals surface area contributed by atoms with Crippen LogP contribution in [0.15, 0.2) is 28.9 Å². The van der Waals surface area contributed by atoms with Gasteiger partial charge in [-0.25, -0.2) is 13.8 Å². The highest BCUT2D eigenvalue weighted by atomic mass is 19.2. The van der Waals surface area contributed by atoms with Gasteiger partial charge in [0.15, 0.2) is 11.6 Å². The monoisotopic (exact) mass is 336 g/mol. The van der Waals surface area contributed by atoms with Crippen LogP contribution in [-0.2, 0) is 11.3 Å². The van der Waals surface area contributed by atoms with Crippen molar-refractivity contribution in [2.45, 2.75) is 19.9 Å². The number of oxazole rings is 1. The first-order valence-electron chi connectivity index (χ1n) is 7.77. The lowest BCUT2D eigenvalue weighted by molar-refractivity contribution is -0.144. The van der Waals surface area contributed by atoms with Gasteiger partial charge in [0, 0.05) is 25.2 Å². The molecule has 2 atom stereocenters. The van der Waals surface area contributed by atoms with Crippen LogP contribution in [-0.4, -0.2) is 34.0 Å². The highest BCUT2D eigenvalue weighted by Gasteiger charge is 2.29. The summed E-state index contributed by atoms with van der Waals surface area (Å²) in [5, 5.41) is 9.21. The van der Waals surface area contributed by atoms with E-state index in [9.17, 15) is 18.7 Å². The molecule has 1 aliphatic heterocycles. The lowest BCUT2D eigenvalue weighted by Crippen LogP contribution is -2.42. The number of nitrogens with zero attached hydrogens (tertiary/aromatic N) is 2. The zero-order valence-electron chi connectivity index (χ0n) is 13.2. The third-order valence-electron chi connectivity index (χ3n) is 4.19. The van der Waals surface area contributed by atoms with Crippen LogP contribution in [0.2, 0.25) is 0 Å². The summed E-state index contributed by atoms with van der Waals surface area (Å²) in [4.78, 5) is 17.5. The van der Waals surface area contributed by atoms with E-state index >= 15 is 0 Å². The predicted molar refractivity (Wildman–Crippen MR) is 82.0 cm³/mol. The molecule has 24 heavy (non-hydrogen) atoms. The number of hydrogen-bond donors (Lipinski definition) is 1. The van der Waals surface area contributed by atoms with Gasteiger partial charge in [-0.2, -0.15) is 0 Å². The van der Waals surface area contributed by atoms with Crippen molar-refractivity contribution in [3.8, 4) is 11.5 Å². The number of likely N-dealkylation sites (tertiary alicyclic amines) is 1. The van der Waals surface area contributed by atoms with Crippen LogP contribution in [0.3, 0.4) is 0 Å². The number of benzene rings is 1. The maximum atomic E-state index is 13.3. The summed E-state index contributed by atoms with van der Waals surface area (Å²) in [6.07, 6.45) is 2.14. The second-order valence-corrected chi connectivity index (χ2v) is 6.34. The van der Waals surface area contributed by atoms with Gasteiger partial charge in [0.2, 0.25) is 5.89 Å². The number of halogens is 2. The molecule has 1 fully saturated rings. The Bertz CT molecular complexity index is 747. The van der Waals surface area contributed by atoms with Crippen molar-refractivity contribution < 1.29 is 23.1 Å². The second-order valence-electron chi connectivity index (χ2n) is 6.34. The van der Waals surface area contributed by atoms with Crippen LogP contribution in [0.1, 0.15) is 19.0 Å². The fraction of sp³-hybridized carbons (Fsp3) is 0.412. The smallest absolute Gasteiger partial charge is 0.307 e. The van der Waals surface area contributed by atoms with Crippen LogP contribution in [0.5, 0.6) is 0 Å². The Hall–Kier alpha value is -2.28. The Morgan fingerprint density at radius 1 is 1.38 bits per heavy atom. The first kappa shape index (κ1) is 16.6. The highest BCUT2D eigenvalue weighted by Crippen LogP contribution is 2.25. The minimum atomic E-state index is -0.957. The van der Waals surface area contributed by atoms with Crippen LogP contribution in [0.4, 0.5) is 8.78 Å². The lowest BCUT2D eigenvalue weighted by Gasteiger charge is -2.34. The molecule has 5 nitrogen and oxygen atoms in total. The van der Waals surface area contributed by atoms with Crippen molar-refractivity contribution in [2.75, 3.05) is 13.1 Å². The standard InChI is InChI=1S/C17H18F2N2O3/c1-10-4-12(17(22)23)7-21(6-10)8-13-9-24-16(20-13)11-2-3-14(18)15(19)5-11/h2-3,5,9-10,12H,4,6-8H2,1H3,(H,22,23). The maximum Gasteiger partial charge on any atom is 0.307 e. The summed E-state index contributed by atoms with van der Waals surface area (Å²) >= 11 is 0. The first-order chi connectivity index (χ1) is 11.4. The topological polar surface area (TPSA) is 66.6 Å². The van der Waals surface area contributed by atoms with E-state index in [0.717, 1.165) is 18.7 Å². The van der Waals surface area contributed by atoms with Crippen LogP contribution in [0, 0.1) is 23.5 Å². The minimum Gasteiger partial charge on any atom is -0.481 e. The molecule has 2 aromatic rings. The molecule has 1 aromatic heterocycles. The average molecular weight is 336 g/mol. The van der Waals surface area contributed by atoms with E-state index in [1.54, 1.807) is 0 Å². The third kappa shape index (κ3) is 3.62. The zero-order chi connectivity index (χ0) is 17.3. The van der Waals surface area contributed by atoms with Gasteiger partial charge in [0.05, 0.1) is 11.6 Å². The second kappa shape index (κ2) is 6.68. The summed E-state index contributed by atoms with van der Waals surface area (Å²) in [6, 6.07) is 3.46. The zero-order valence-corrected chi connectivity index (χ0v) is 13.2. The molecule has 1 aliphatic rings. The summed E-state index contributed by atoms with van der Waals surface area (Å²) in [5.74, 6) is -2.55. The van der Waals surface area contributed by atoms with Crippen LogP contribution in [0.25, 0.3) is 11.5 Å². The Kier molecular flexibility index (Phi) is 4.62. The molecule has 0 spiro atoms. The number of hydrogen-bond acceptors (Lipinski definition) is 4. The minimum absolute atomic E-state index is 0.212. The average Bonchev–Trinajstić information content (AvgIpc) is 2.98. The molecule has 0 bridgehead atoms. The molecule has 1 N–H and O–H groups in total. The molecule has 1 aromatic carbocycles. The SMILES string of the molecule is CC1CC(C(=O)O)CN(Cc2coc(-c3ccc(F)c(F)c3)n2)C1. The van der Waals surface area contributed by atoms with E-state index in [0.29, 0.717) is 30.8 Å². The van der Waals surface area contributed by atoms with E-state index in [4.69, 9.17) is 4.42 Å². The van der Waals surface area contributed by atoms with Gasteiger partial charge in [-0.05, 0) is 30.5 Å². The van der Waals surface area contributed by atoms with Crippen LogP contribution < -0.4 is 0 Å². The van der Waals surface area contributed by atoms with Crippen molar-refractivity contribution >= 4 is 5.97 Å². The summed E-state index contributed by atoms with van der Waals surface area (Å²) in [7, 11) is 0. The Labute approximate surface area is 137 Å². The number of carboxylic acid groups (broad SMARTS) is 1. The number of aromatic nitrogens is 1. The molecular formula is C17H18F2N2O3. The van der Waals surface area contributed by atoms with E-state index < -0.39 is 17.6 Å². The van der Waals surface area contributed by atoms with Gasteiger partial charge in [0.1, 0.15) is 6.26 Å². The number of carbonyl (C=O) groups is 1. The van der Waals surface area contributed by atoms with E-state index in [1.807, 2.05) is 11.8 Å². The summed E-state index contributed by atoms with van der Waals surface area (Å²) in [5.41, 5.74) is 0.989. The van der Waals surface area contributed by atoms with Gasteiger partial charge in [-0.15, -0.1) is 0 Å². The van der Waals surface area contributed by atoms with Gasteiger partial charge >= 0.3 is 5.97 Å². The normalized spacial score (nSPS) is 21.8. The van der Waals surface area contributed by atoms with Gasteiger partial charge in [-0.3, -0.25) is 9.69 Å². The molecular weight excluding hydrogens is 318 g/mol. The van der Waals surface area contributed by atoms with E-state index in [-0.39, 0.29) is 17.7 Å². The molecule has 128 valence electrons. The molecule has 0 amide bonds. The maximum absolute atomic E-state index is 13.3.